The number of ketones is 1. The van der Waals surface area contributed by atoms with Crippen LogP contribution in [0.5, 0.6) is 0 Å². The molecule has 0 saturated carbocycles. The second kappa shape index (κ2) is 4.51. The zero-order valence-corrected chi connectivity index (χ0v) is 10.7. The van der Waals surface area contributed by atoms with Crippen LogP contribution < -0.4 is 10.6 Å². The number of amides is 1. The number of anilines is 1. The number of carbonyl (C=O) groups excluding carboxylic acids is 2. The fourth-order valence-corrected chi connectivity index (χ4v) is 2.07. The van der Waals surface area contributed by atoms with Crippen LogP contribution in [0.2, 0.25) is 0 Å². The number of benzene rings is 1. The van der Waals surface area contributed by atoms with Crippen molar-refractivity contribution in [3.05, 3.63) is 28.2 Å². The minimum atomic E-state index is -1.23. The first-order valence-corrected chi connectivity index (χ1v) is 5.85. The predicted octanol–water partition coefficient (Wildman–Crippen LogP) is 0.390. The molecule has 0 bridgehead atoms. The highest BCUT2D eigenvalue weighted by molar-refractivity contribution is 9.10. The number of hydrogen-bond acceptors (Lipinski definition) is 4. The summed E-state index contributed by atoms with van der Waals surface area (Å²) in [5.74, 6) is -2.62. The number of Topliss-reactive ketones (excluding diaryl/α,β-unsaturated/α-hetero) is 1. The van der Waals surface area contributed by atoms with Gasteiger partial charge in [-0.25, -0.2) is 0 Å². The Bertz CT molecular complexity index is 558. The molecule has 1 atom stereocenters. The van der Waals surface area contributed by atoms with E-state index in [1.807, 2.05) is 0 Å². The molecular weight excluding hydrogens is 304 g/mol. The molecule has 2 rings (SSSR count). The lowest BCUT2D eigenvalue weighted by molar-refractivity contribution is -0.138. The zero-order chi connectivity index (χ0) is 13.4. The zero-order valence-electron chi connectivity index (χ0n) is 9.09. The Kier molecular flexibility index (Phi) is 3.18. The molecule has 1 unspecified atom stereocenters. The van der Waals surface area contributed by atoms with Gasteiger partial charge in [-0.15, -0.1) is 0 Å². The molecule has 0 radical (unpaired) electrons. The van der Waals surface area contributed by atoms with Crippen LogP contribution in [0.3, 0.4) is 0 Å². The fourth-order valence-electron chi connectivity index (χ4n) is 1.72. The quantitative estimate of drug-likeness (QED) is 0.786. The van der Waals surface area contributed by atoms with E-state index in [0.717, 1.165) is 4.90 Å². The molecule has 0 aliphatic carbocycles. The van der Waals surface area contributed by atoms with Crippen LogP contribution in [-0.4, -0.2) is 35.4 Å². The van der Waals surface area contributed by atoms with Crippen LogP contribution in [0.25, 0.3) is 0 Å². The second-order valence-electron chi connectivity index (χ2n) is 3.85. The van der Waals surface area contributed by atoms with Crippen molar-refractivity contribution in [1.29, 1.82) is 0 Å². The van der Waals surface area contributed by atoms with E-state index in [4.69, 9.17) is 10.8 Å². The Balaban J connectivity index is 2.39. The Labute approximate surface area is 110 Å². The topological polar surface area (TPSA) is 101 Å². The number of halogens is 1. The van der Waals surface area contributed by atoms with E-state index in [1.54, 1.807) is 12.1 Å². The highest BCUT2D eigenvalue weighted by Gasteiger charge is 2.37. The lowest BCUT2D eigenvalue weighted by Gasteiger charge is -2.18. The normalized spacial score (nSPS) is 15.8. The van der Waals surface area contributed by atoms with E-state index >= 15 is 0 Å². The lowest BCUT2D eigenvalue weighted by Crippen LogP contribution is -2.44. The van der Waals surface area contributed by atoms with E-state index in [0.29, 0.717) is 10.2 Å². The molecule has 0 saturated heterocycles. The number of nitrogens with zero attached hydrogens (tertiary/aromatic N) is 1. The van der Waals surface area contributed by atoms with E-state index in [1.165, 1.54) is 6.07 Å². The van der Waals surface area contributed by atoms with Crippen molar-refractivity contribution >= 4 is 39.3 Å². The summed E-state index contributed by atoms with van der Waals surface area (Å²) in [7, 11) is 0. The van der Waals surface area contributed by atoms with Crippen molar-refractivity contribution in [3.63, 3.8) is 0 Å². The van der Waals surface area contributed by atoms with Gasteiger partial charge >= 0.3 is 5.97 Å². The minimum absolute atomic E-state index is 0.233. The van der Waals surface area contributed by atoms with Crippen LogP contribution in [0.1, 0.15) is 10.4 Å². The molecule has 1 heterocycles. The maximum Gasteiger partial charge on any atom is 0.322 e. The maximum absolute atomic E-state index is 11.7. The smallest absolute Gasteiger partial charge is 0.322 e. The summed E-state index contributed by atoms with van der Waals surface area (Å²) in [5, 5.41) is 8.74. The summed E-state index contributed by atoms with van der Waals surface area (Å²) in [6.07, 6.45) is 0. The summed E-state index contributed by atoms with van der Waals surface area (Å²) < 4.78 is 0.692. The lowest BCUT2D eigenvalue weighted by atomic mass is 10.1. The van der Waals surface area contributed by atoms with E-state index in [2.05, 4.69) is 15.9 Å². The van der Waals surface area contributed by atoms with Crippen molar-refractivity contribution in [2.45, 2.75) is 6.04 Å². The van der Waals surface area contributed by atoms with Crippen molar-refractivity contribution in [2.24, 2.45) is 5.73 Å². The first-order valence-electron chi connectivity index (χ1n) is 5.06. The average molecular weight is 313 g/mol. The summed E-state index contributed by atoms with van der Waals surface area (Å²) in [6.45, 7) is -0.233. The third-order valence-corrected chi connectivity index (χ3v) is 3.12. The molecule has 7 heteroatoms. The van der Waals surface area contributed by atoms with Crippen molar-refractivity contribution in [1.82, 2.24) is 0 Å². The highest BCUT2D eigenvalue weighted by atomic mass is 79.9. The molecule has 94 valence electrons. The molecule has 1 amide bonds. The number of aliphatic carboxylic acids is 1. The van der Waals surface area contributed by atoms with Gasteiger partial charge in [-0.05, 0) is 18.2 Å². The van der Waals surface area contributed by atoms with E-state index < -0.39 is 23.7 Å². The van der Waals surface area contributed by atoms with Gasteiger partial charge in [0.05, 0.1) is 17.8 Å². The van der Waals surface area contributed by atoms with Gasteiger partial charge in [0.1, 0.15) is 6.04 Å². The van der Waals surface area contributed by atoms with Crippen LogP contribution in [0, 0.1) is 0 Å². The molecular formula is C11H9BrN2O4. The molecule has 0 aromatic heterocycles. The van der Waals surface area contributed by atoms with Gasteiger partial charge in [-0.2, -0.15) is 0 Å². The number of rotatable bonds is 3. The average Bonchev–Trinajstić information content (AvgIpc) is 2.54. The number of carboxylic acid groups (broad SMARTS) is 1. The number of carboxylic acids is 1. The first-order chi connectivity index (χ1) is 8.41. The molecule has 0 fully saturated rings. The van der Waals surface area contributed by atoms with Crippen LogP contribution in [-0.2, 0) is 9.59 Å². The van der Waals surface area contributed by atoms with Gasteiger partial charge in [0.15, 0.2) is 0 Å². The summed E-state index contributed by atoms with van der Waals surface area (Å²) >= 11 is 3.23. The summed E-state index contributed by atoms with van der Waals surface area (Å²) in [6, 6.07) is 3.52. The maximum atomic E-state index is 11.7. The molecule has 0 spiro atoms. The number of carbonyl (C=O) groups is 3. The van der Waals surface area contributed by atoms with Crippen molar-refractivity contribution in [2.75, 3.05) is 11.4 Å². The third kappa shape index (κ3) is 2.02. The SMILES string of the molecule is NC(CN1C(=O)C(=O)c2ccc(Br)cc21)C(=O)O. The van der Waals surface area contributed by atoms with Crippen LogP contribution in [0.15, 0.2) is 22.7 Å². The van der Waals surface area contributed by atoms with Crippen molar-refractivity contribution < 1.29 is 19.5 Å². The Morgan fingerprint density at radius 3 is 2.72 bits per heavy atom. The molecule has 6 nitrogen and oxygen atoms in total. The standard InChI is InChI=1S/C11H9BrN2O4/c12-5-1-2-6-8(3-5)14(10(16)9(6)15)4-7(13)11(17)18/h1-3,7H,4,13H2,(H,17,18). The number of fused-ring (bicyclic) bond motifs is 1. The minimum Gasteiger partial charge on any atom is -0.480 e. The predicted molar refractivity (Wildman–Crippen MR) is 66.4 cm³/mol. The van der Waals surface area contributed by atoms with Gasteiger partial charge in [0, 0.05) is 4.47 Å². The van der Waals surface area contributed by atoms with Gasteiger partial charge in [-0.3, -0.25) is 14.4 Å². The monoisotopic (exact) mass is 312 g/mol. The number of hydrogen-bond donors (Lipinski definition) is 2. The molecule has 1 aliphatic rings. The molecule has 1 aromatic rings. The largest absolute Gasteiger partial charge is 0.480 e. The Morgan fingerprint density at radius 2 is 2.11 bits per heavy atom. The fraction of sp³-hybridized carbons (Fsp3) is 0.182. The molecule has 3 N–H and O–H groups in total. The van der Waals surface area contributed by atoms with Crippen LogP contribution >= 0.6 is 15.9 Å². The summed E-state index contributed by atoms with van der Waals surface area (Å²) in [5.41, 5.74) is 6.03. The highest BCUT2D eigenvalue weighted by Crippen LogP contribution is 2.31. The molecule has 18 heavy (non-hydrogen) atoms. The van der Waals surface area contributed by atoms with Crippen molar-refractivity contribution in [3.8, 4) is 0 Å². The Morgan fingerprint density at radius 1 is 1.44 bits per heavy atom. The molecule has 1 aliphatic heterocycles. The van der Waals surface area contributed by atoms with E-state index in [-0.39, 0.29) is 12.1 Å². The molecule has 1 aromatic carbocycles. The second-order valence-corrected chi connectivity index (χ2v) is 4.77. The Hall–Kier alpha value is -1.73. The number of nitrogens with two attached hydrogens (primary N) is 1. The van der Waals surface area contributed by atoms with Crippen LogP contribution in [0.4, 0.5) is 5.69 Å². The van der Waals surface area contributed by atoms with Gasteiger partial charge < -0.3 is 15.7 Å². The van der Waals surface area contributed by atoms with E-state index in [9.17, 15) is 14.4 Å². The van der Waals surface area contributed by atoms with Gasteiger partial charge in [0.25, 0.3) is 11.7 Å². The first kappa shape index (κ1) is 12.7. The van der Waals surface area contributed by atoms with Gasteiger partial charge in [-0.1, -0.05) is 15.9 Å². The third-order valence-electron chi connectivity index (χ3n) is 2.63. The van der Waals surface area contributed by atoms with Gasteiger partial charge in [0.2, 0.25) is 0 Å². The summed E-state index contributed by atoms with van der Waals surface area (Å²) in [4.78, 5) is 35.2.